The maximum atomic E-state index is 12.7. The second kappa shape index (κ2) is 46.3. The highest BCUT2D eigenvalue weighted by molar-refractivity contribution is 5.71. The molecular formula is C52H86O6. The fraction of sp³-hybridized carbons (Fsp3) is 0.673. The lowest BCUT2D eigenvalue weighted by molar-refractivity contribution is -0.167. The number of carbonyl (C=O) groups is 3. The second-order valence-corrected chi connectivity index (χ2v) is 15.4. The van der Waals surface area contributed by atoms with Gasteiger partial charge in [-0.15, -0.1) is 0 Å². The van der Waals surface area contributed by atoms with Gasteiger partial charge in [0.1, 0.15) is 13.2 Å². The topological polar surface area (TPSA) is 78.9 Å². The van der Waals surface area contributed by atoms with E-state index in [0.717, 1.165) is 83.5 Å². The summed E-state index contributed by atoms with van der Waals surface area (Å²) in [6.45, 7) is 6.39. The molecule has 0 amide bonds. The van der Waals surface area contributed by atoms with Gasteiger partial charge in [0.05, 0.1) is 0 Å². The lowest BCUT2D eigenvalue weighted by atomic mass is 10.1. The van der Waals surface area contributed by atoms with Crippen molar-refractivity contribution < 1.29 is 28.6 Å². The van der Waals surface area contributed by atoms with E-state index >= 15 is 0 Å². The first-order chi connectivity index (χ1) is 28.5. The highest BCUT2D eigenvalue weighted by atomic mass is 16.6. The largest absolute Gasteiger partial charge is 0.462 e. The van der Waals surface area contributed by atoms with E-state index in [2.05, 4.69) is 57.2 Å². The number of hydrogen-bond acceptors (Lipinski definition) is 6. The molecule has 0 radical (unpaired) electrons. The number of unbranched alkanes of at least 4 members (excludes halogenated alkanes) is 21. The van der Waals surface area contributed by atoms with Gasteiger partial charge in [-0.1, -0.05) is 209 Å². The van der Waals surface area contributed by atoms with Crippen molar-refractivity contribution in [3.63, 3.8) is 0 Å². The summed E-state index contributed by atoms with van der Waals surface area (Å²) in [6, 6.07) is 0. The Balaban J connectivity index is 4.48. The van der Waals surface area contributed by atoms with Crippen molar-refractivity contribution in [2.24, 2.45) is 0 Å². The van der Waals surface area contributed by atoms with E-state index in [9.17, 15) is 14.4 Å². The van der Waals surface area contributed by atoms with Gasteiger partial charge in [0.15, 0.2) is 6.10 Å². The van der Waals surface area contributed by atoms with Crippen LogP contribution < -0.4 is 0 Å². The third-order valence-electron chi connectivity index (χ3n) is 9.79. The minimum Gasteiger partial charge on any atom is -0.462 e. The number of allylic oxidation sites excluding steroid dienone is 14. The molecule has 0 saturated heterocycles. The SMILES string of the molecule is CC\C=C/C=C\C=C/C=C\C=C/CCCCCC(=O)OCC(COC(=O)CCCCCCCCCCCC)OC(=O)CCCCCCCC/C=C\C=C/CCCCC. The summed E-state index contributed by atoms with van der Waals surface area (Å²) in [6.07, 6.45) is 58.4. The minimum atomic E-state index is -0.797. The molecule has 58 heavy (non-hydrogen) atoms. The Hall–Kier alpha value is -3.41. The first-order valence-corrected chi connectivity index (χ1v) is 23.7. The molecule has 0 aromatic rings. The molecular weight excluding hydrogens is 721 g/mol. The van der Waals surface area contributed by atoms with Crippen molar-refractivity contribution in [1.82, 2.24) is 0 Å². The molecule has 0 heterocycles. The summed E-state index contributed by atoms with van der Waals surface area (Å²) < 4.78 is 16.7. The van der Waals surface area contributed by atoms with Crippen LogP contribution in [-0.4, -0.2) is 37.2 Å². The zero-order valence-corrected chi connectivity index (χ0v) is 37.5. The van der Waals surface area contributed by atoms with Crippen LogP contribution in [0.15, 0.2) is 85.1 Å². The lowest BCUT2D eigenvalue weighted by Gasteiger charge is -2.18. The maximum Gasteiger partial charge on any atom is 0.306 e. The molecule has 0 aromatic heterocycles. The van der Waals surface area contributed by atoms with E-state index in [4.69, 9.17) is 14.2 Å². The molecule has 0 aliphatic carbocycles. The predicted molar refractivity (Wildman–Crippen MR) is 247 cm³/mol. The van der Waals surface area contributed by atoms with Crippen LogP contribution in [0, 0.1) is 0 Å². The molecule has 6 heteroatoms. The molecule has 1 unspecified atom stereocenters. The first-order valence-electron chi connectivity index (χ1n) is 23.7. The van der Waals surface area contributed by atoms with E-state index in [0.29, 0.717) is 19.3 Å². The Morgan fingerprint density at radius 2 is 0.672 bits per heavy atom. The van der Waals surface area contributed by atoms with Crippen molar-refractivity contribution in [3.05, 3.63) is 85.1 Å². The molecule has 0 aliphatic heterocycles. The minimum absolute atomic E-state index is 0.0950. The zero-order valence-electron chi connectivity index (χ0n) is 37.5. The van der Waals surface area contributed by atoms with Crippen molar-refractivity contribution in [2.75, 3.05) is 13.2 Å². The zero-order chi connectivity index (χ0) is 42.3. The molecule has 0 fully saturated rings. The van der Waals surface area contributed by atoms with Crippen LogP contribution in [0.4, 0.5) is 0 Å². The summed E-state index contributed by atoms with van der Waals surface area (Å²) in [5, 5.41) is 0. The van der Waals surface area contributed by atoms with Crippen LogP contribution in [0.2, 0.25) is 0 Å². The van der Waals surface area contributed by atoms with Crippen LogP contribution in [0.25, 0.3) is 0 Å². The maximum absolute atomic E-state index is 12.7. The Morgan fingerprint density at radius 3 is 1.12 bits per heavy atom. The van der Waals surface area contributed by atoms with Crippen molar-refractivity contribution in [2.45, 2.75) is 213 Å². The monoisotopic (exact) mass is 807 g/mol. The summed E-state index contributed by atoms with van der Waals surface area (Å²) >= 11 is 0. The van der Waals surface area contributed by atoms with Crippen LogP contribution in [0.1, 0.15) is 207 Å². The van der Waals surface area contributed by atoms with Gasteiger partial charge in [-0.2, -0.15) is 0 Å². The van der Waals surface area contributed by atoms with Gasteiger partial charge in [0.25, 0.3) is 0 Å². The van der Waals surface area contributed by atoms with Gasteiger partial charge in [-0.3, -0.25) is 14.4 Å². The molecule has 0 aliphatic rings. The molecule has 0 aromatic carbocycles. The van der Waals surface area contributed by atoms with Gasteiger partial charge in [-0.05, 0) is 64.2 Å². The Kier molecular flexibility index (Phi) is 43.6. The fourth-order valence-electron chi connectivity index (χ4n) is 6.22. The number of carbonyl (C=O) groups excluding carboxylic acids is 3. The number of esters is 3. The van der Waals surface area contributed by atoms with Crippen LogP contribution >= 0.6 is 0 Å². The van der Waals surface area contributed by atoms with Gasteiger partial charge < -0.3 is 14.2 Å². The van der Waals surface area contributed by atoms with E-state index in [1.54, 1.807) is 0 Å². The summed E-state index contributed by atoms with van der Waals surface area (Å²) in [5.41, 5.74) is 0. The van der Waals surface area contributed by atoms with Crippen molar-refractivity contribution in [1.29, 1.82) is 0 Å². The Morgan fingerprint density at radius 1 is 0.362 bits per heavy atom. The van der Waals surface area contributed by atoms with E-state index in [-0.39, 0.29) is 31.1 Å². The number of hydrogen-bond donors (Lipinski definition) is 0. The van der Waals surface area contributed by atoms with E-state index in [1.807, 2.05) is 48.6 Å². The van der Waals surface area contributed by atoms with Gasteiger partial charge in [-0.25, -0.2) is 0 Å². The average Bonchev–Trinajstić information content (AvgIpc) is 3.22. The van der Waals surface area contributed by atoms with Crippen molar-refractivity contribution >= 4 is 17.9 Å². The van der Waals surface area contributed by atoms with E-state index in [1.165, 1.54) is 83.5 Å². The molecule has 0 rings (SSSR count). The summed E-state index contributed by atoms with van der Waals surface area (Å²) in [5.74, 6) is -0.957. The summed E-state index contributed by atoms with van der Waals surface area (Å²) in [7, 11) is 0. The standard InChI is InChI=1S/C52H86O6/c1-4-7-10-13-16-19-22-24-26-28-30-33-36-39-42-45-51(54)57-48-49(47-56-50(53)44-41-38-35-32-21-18-15-12-9-6-3)58-52(55)46-43-40-37-34-31-29-27-25-23-20-17-14-11-8-5-2/h7,10,13,16-17,19-20,22-26,28,30,49H,4-6,8-9,11-12,14-15,18,21,27,29,31-48H2,1-3H3/b10-7-,16-13-,20-17-,22-19-,25-23-,26-24-,30-28-. The summed E-state index contributed by atoms with van der Waals surface area (Å²) in [4.78, 5) is 37.8. The first kappa shape index (κ1) is 54.6. The lowest BCUT2D eigenvalue weighted by Crippen LogP contribution is -2.30. The van der Waals surface area contributed by atoms with Crippen LogP contribution in [0.5, 0.6) is 0 Å². The van der Waals surface area contributed by atoms with Crippen molar-refractivity contribution in [3.8, 4) is 0 Å². The molecule has 0 bridgehead atoms. The number of rotatable bonds is 41. The number of ether oxygens (including phenoxy) is 3. The highest BCUT2D eigenvalue weighted by Crippen LogP contribution is 2.14. The molecule has 330 valence electrons. The highest BCUT2D eigenvalue weighted by Gasteiger charge is 2.19. The van der Waals surface area contributed by atoms with Gasteiger partial charge in [0.2, 0.25) is 0 Å². The fourth-order valence-corrected chi connectivity index (χ4v) is 6.22. The average molecular weight is 807 g/mol. The smallest absolute Gasteiger partial charge is 0.306 e. The second-order valence-electron chi connectivity index (χ2n) is 15.4. The Bertz CT molecular complexity index is 1160. The molecule has 0 spiro atoms. The van der Waals surface area contributed by atoms with Gasteiger partial charge >= 0.3 is 17.9 Å². The van der Waals surface area contributed by atoms with Gasteiger partial charge in [0, 0.05) is 19.3 Å². The quantitative estimate of drug-likeness (QED) is 0.0265. The van der Waals surface area contributed by atoms with E-state index < -0.39 is 6.10 Å². The van der Waals surface area contributed by atoms with Crippen LogP contribution in [-0.2, 0) is 28.6 Å². The Labute approximate surface area is 356 Å². The molecule has 6 nitrogen and oxygen atoms in total. The molecule has 0 saturated carbocycles. The van der Waals surface area contributed by atoms with Crippen LogP contribution in [0.3, 0.4) is 0 Å². The third kappa shape index (κ3) is 43.7. The molecule has 1 atom stereocenters. The molecule has 0 N–H and O–H groups in total. The normalized spacial score (nSPS) is 12.8. The third-order valence-corrected chi connectivity index (χ3v) is 9.79. The predicted octanol–water partition coefficient (Wildman–Crippen LogP) is 15.3.